The standard InChI is InChI=1S/C24H20F3N3O2S/c1-29-20-5-3-13(9-17(20)26)15-11-22(24(31)30-8-7-16(25)19(28)12-30)33-23(15)14-4-6-21(32-2)18(27)10-14/h3-6,9-11,16,19H,7-8,12,28H2,2H3/t16-,19+/m1/s1. The number of likely N-dealkylation sites (tertiary alicyclic amines) is 1. The average Bonchev–Trinajstić information content (AvgIpc) is 3.25. The van der Waals surface area contributed by atoms with Crippen LogP contribution < -0.4 is 10.5 Å². The van der Waals surface area contributed by atoms with Crippen molar-refractivity contribution in [3.8, 4) is 27.3 Å². The molecule has 0 bridgehead atoms. The molecule has 1 aliphatic heterocycles. The Morgan fingerprint density at radius 2 is 1.91 bits per heavy atom. The zero-order chi connectivity index (χ0) is 23.7. The molecule has 4 rings (SSSR count). The van der Waals surface area contributed by atoms with E-state index in [0.717, 1.165) is 11.3 Å². The van der Waals surface area contributed by atoms with E-state index in [9.17, 15) is 18.0 Å². The van der Waals surface area contributed by atoms with E-state index in [-0.39, 0.29) is 36.9 Å². The van der Waals surface area contributed by atoms with Crippen molar-refractivity contribution in [1.29, 1.82) is 0 Å². The van der Waals surface area contributed by atoms with E-state index < -0.39 is 23.8 Å². The lowest BCUT2D eigenvalue weighted by Gasteiger charge is -2.32. The summed E-state index contributed by atoms with van der Waals surface area (Å²) in [6.07, 6.45) is -1.000. The van der Waals surface area contributed by atoms with E-state index >= 15 is 0 Å². The van der Waals surface area contributed by atoms with Gasteiger partial charge in [0.05, 0.1) is 24.6 Å². The number of piperidine rings is 1. The Labute approximate surface area is 193 Å². The Balaban J connectivity index is 1.80. The van der Waals surface area contributed by atoms with Gasteiger partial charge < -0.3 is 15.4 Å². The summed E-state index contributed by atoms with van der Waals surface area (Å²) < 4.78 is 47.5. The molecule has 9 heteroatoms. The number of carbonyl (C=O) groups excluding carboxylic acids is 1. The van der Waals surface area contributed by atoms with Gasteiger partial charge in [0.2, 0.25) is 5.69 Å². The first-order chi connectivity index (χ1) is 15.8. The van der Waals surface area contributed by atoms with Gasteiger partial charge in [-0.2, -0.15) is 0 Å². The lowest BCUT2D eigenvalue weighted by molar-refractivity contribution is 0.0635. The van der Waals surface area contributed by atoms with E-state index in [4.69, 9.17) is 17.0 Å². The molecule has 0 saturated carbocycles. The van der Waals surface area contributed by atoms with Crippen LogP contribution in [-0.2, 0) is 0 Å². The highest BCUT2D eigenvalue weighted by Gasteiger charge is 2.31. The van der Waals surface area contributed by atoms with Crippen LogP contribution >= 0.6 is 11.3 Å². The van der Waals surface area contributed by atoms with Crippen molar-refractivity contribution >= 4 is 22.9 Å². The summed E-state index contributed by atoms with van der Waals surface area (Å²) in [6, 6.07) is 9.44. The first kappa shape index (κ1) is 22.8. The van der Waals surface area contributed by atoms with Crippen molar-refractivity contribution in [2.75, 3.05) is 20.2 Å². The largest absolute Gasteiger partial charge is 0.494 e. The van der Waals surface area contributed by atoms with Gasteiger partial charge in [0.15, 0.2) is 11.6 Å². The van der Waals surface area contributed by atoms with Gasteiger partial charge in [-0.1, -0.05) is 12.1 Å². The van der Waals surface area contributed by atoms with Crippen molar-refractivity contribution in [3.63, 3.8) is 0 Å². The predicted octanol–water partition coefficient (Wildman–Crippen LogP) is 5.43. The number of halogens is 3. The molecule has 3 aromatic rings. The van der Waals surface area contributed by atoms with Crippen LogP contribution in [-0.4, -0.2) is 43.2 Å². The Morgan fingerprint density at radius 3 is 2.55 bits per heavy atom. The average molecular weight is 472 g/mol. The molecule has 1 aromatic heterocycles. The molecule has 0 unspecified atom stereocenters. The fraction of sp³-hybridized carbons (Fsp3) is 0.250. The number of hydrogen-bond donors (Lipinski definition) is 1. The molecular formula is C24H20F3N3O2S. The predicted molar refractivity (Wildman–Crippen MR) is 121 cm³/mol. The minimum atomic E-state index is -1.16. The SMILES string of the molecule is [C-]#[N+]c1ccc(-c2cc(C(=O)N3CC[C@@H](F)[C@@H](N)C3)sc2-c2ccc(OC)c(F)c2)cc1F. The van der Waals surface area contributed by atoms with Gasteiger partial charge in [-0.3, -0.25) is 4.79 Å². The van der Waals surface area contributed by atoms with Gasteiger partial charge in [-0.15, -0.1) is 11.3 Å². The van der Waals surface area contributed by atoms with Gasteiger partial charge in [0.1, 0.15) is 12.0 Å². The fourth-order valence-electron chi connectivity index (χ4n) is 3.79. The number of rotatable bonds is 4. The lowest BCUT2D eigenvalue weighted by Crippen LogP contribution is -2.51. The van der Waals surface area contributed by atoms with Crippen LogP contribution in [0.5, 0.6) is 5.75 Å². The van der Waals surface area contributed by atoms with Crippen molar-refractivity contribution in [3.05, 3.63) is 70.4 Å². The number of nitrogens with zero attached hydrogens (tertiary/aromatic N) is 2. The molecule has 1 fully saturated rings. The van der Waals surface area contributed by atoms with E-state index in [1.54, 1.807) is 18.2 Å². The third-order valence-electron chi connectivity index (χ3n) is 5.59. The highest BCUT2D eigenvalue weighted by Crippen LogP contribution is 2.42. The van der Waals surface area contributed by atoms with Crippen molar-refractivity contribution in [1.82, 2.24) is 4.90 Å². The van der Waals surface area contributed by atoms with Gasteiger partial charge in [-0.25, -0.2) is 18.0 Å². The molecule has 0 spiro atoms. The first-order valence-electron chi connectivity index (χ1n) is 10.2. The van der Waals surface area contributed by atoms with E-state index in [1.807, 2.05) is 0 Å². The highest BCUT2D eigenvalue weighted by molar-refractivity contribution is 7.18. The molecule has 2 N–H and O–H groups in total. The second-order valence-corrected chi connectivity index (χ2v) is 8.75. The van der Waals surface area contributed by atoms with Gasteiger partial charge in [-0.05, 0) is 47.9 Å². The number of thiophene rings is 1. The van der Waals surface area contributed by atoms with Crippen LogP contribution in [0.3, 0.4) is 0 Å². The molecule has 2 atom stereocenters. The molecular weight excluding hydrogens is 451 g/mol. The van der Waals surface area contributed by atoms with Crippen LogP contribution in [0.2, 0.25) is 0 Å². The maximum atomic E-state index is 14.4. The maximum Gasteiger partial charge on any atom is 0.264 e. The Morgan fingerprint density at radius 1 is 1.18 bits per heavy atom. The summed E-state index contributed by atoms with van der Waals surface area (Å²) in [5.41, 5.74) is 7.14. The normalized spacial score (nSPS) is 18.1. The number of benzene rings is 2. The first-order valence-corrected chi connectivity index (χ1v) is 11.0. The van der Waals surface area contributed by atoms with Crippen molar-refractivity contribution in [2.45, 2.75) is 18.6 Å². The third kappa shape index (κ3) is 4.45. The van der Waals surface area contributed by atoms with Gasteiger partial charge in [0, 0.05) is 23.5 Å². The number of ether oxygens (including phenoxy) is 1. The summed E-state index contributed by atoms with van der Waals surface area (Å²) in [5, 5.41) is 0. The summed E-state index contributed by atoms with van der Waals surface area (Å²) >= 11 is 1.13. The molecule has 1 saturated heterocycles. The Bertz CT molecular complexity index is 1250. The Hall–Kier alpha value is -3.35. The number of amides is 1. The van der Waals surface area contributed by atoms with E-state index in [0.29, 0.717) is 26.4 Å². The summed E-state index contributed by atoms with van der Waals surface area (Å²) in [5.74, 6) is -1.51. The minimum absolute atomic E-state index is 0.0729. The van der Waals surface area contributed by atoms with Gasteiger partial charge >= 0.3 is 0 Å². The molecule has 5 nitrogen and oxygen atoms in total. The molecule has 1 amide bonds. The highest BCUT2D eigenvalue weighted by atomic mass is 32.1. The van der Waals surface area contributed by atoms with Crippen LogP contribution in [0.4, 0.5) is 18.9 Å². The van der Waals surface area contributed by atoms with Crippen molar-refractivity contribution < 1.29 is 22.7 Å². The van der Waals surface area contributed by atoms with E-state index in [2.05, 4.69) is 4.85 Å². The molecule has 0 radical (unpaired) electrons. The number of hydrogen-bond acceptors (Lipinski definition) is 4. The zero-order valence-corrected chi connectivity index (χ0v) is 18.5. The maximum absolute atomic E-state index is 14.4. The zero-order valence-electron chi connectivity index (χ0n) is 17.6. The topological polar surface area (TPSA) is 59.9 Å². The molecule has 2 aromatic carbocycles. The molecule has 33 heavy (non-hydrogen) atoms. The van der Waals surface area contributed by atoms with Gasteiger partial charge in [0.25, 0.3) is 5.91 Å². The number of carbonyl (C=O) groups is 1. The van der Waals surface area contributed by atoms with Crippen LogP contribution in [0, 0.1) is 18.2 Å². The second-order valence-electron chi connectivity index (χ2n) is 7.70. The number of nitrogens with two attached hydrogens (primary N) is 1. The van der Waals surface area contributed by atoms with Crippen LogP contribution in [0.25, 0.3) is 26.4 Å². The smallest absolute Gasteiger partial charge is 0.264 e. The second kappa shape index (κ2) is 9.25. The summed E-state index contributed by atoms with van der Waals surface area (Å²) in [4.78, 5) is 18.7. The fourth-order valence-corrected chi connectivity index (χ4v) is 4.94. The number of alkyl halides is 1. The monoisotopic (exact) mass is 471 g/mol. The Kier molecular flexibility index (Phi) is 6.40. The molecule has 1 aliphatic rings. The molecule has 170 valence electrons. The minimum Gasteiger partial charge on any atom is -0.494 e. The molecule has 2 heterocycles. The third-order valence-corrected chi connectivity index (χ3v) is 6.77. The number of methoxy groups -OCH3 is 1. The summed E-state index contributed by atoms with van der Waals surface area (Å²) in [7, 11) is 1.36. The molecule has 0 aliphatic carbocycles. The van der Waals surface area contributed by atoms with Crippen LogP contribution in [0.15, 0.2) is 42.5 Å². The quantitative estimate of drug-likeness (QED) is 0.516. The summed E-state index contributed by atoms with van der Waals surface area (Å²) in [6.45, 7) is 7.38. The lowest BCUT2D eigenvalue weighted by atomic mass is 10.0. The van der Waals surface area contributed by atoms with E-state index in [1.165, 1.54) is 36.3 Å². The van der Waals surface area contributed by atoms with Crippen LogP contribution in [0.1, 0.15) is 16.1 Å². The van der Waals surface area contributed by atoms with Crippen molar-refractivity contribution in [2.24, 2.45) is 5.73 Å².